The van der Waals surface area contributed by atoms with Gasteiger partial charge in [-0.1, -0.05) is 103 Å². The van der Waals surface area contributed by atoms with Crippen molar-refractivity contribution in [1.29, 1.82) is 0 Å². The minimum atomic E-state index is -0.820. The van der Waals surface area contributed by atoms with Crippen LogP contribution in [0.4, 0.5) is 0 Å². The molecule has 0 aromatic heterocycles. The highest BCUT2D eigenvalue weighted by atomic mass is 16.5. The molecule has 2 N–H and O–H groups in total. The lowest BCUT2D eigenvalue weighted by Crippen LogP contribution is -2.08. The van der Waals surface area contributed by atoms with Crippen LogP contribution in [0.2, 0.25) is 0 Å². The third-order valence-electron chi connectivity index (χ3n) is 7.31. The molecule has 42 heavy (non-hydrogen) atoms. The summed E-state index contributed by atoms with van der Waals surface area (Å²) in [6.45, 7) is 6.49. The number of carboxylic acids is 2. The molecule has 0 aliphatic carbocycles. The van der Waals surface area contributed by atoms with Gasteiger partial charge in [0.25, 0.3) is 0 Å². The molecular formula is C36H52O6. The lowest BCUT2D eigenvalue weighted by atomic mass is 9.91. The van der Waals surface area contributed by atoms with Crippen molar-refractivity contribution in [2.24, 2.45) is 5.92 Å². The topological polar surface area (TPSA) is 93.1 Å². The van der Waals surface area contributed by atoms with E-state index in [0.29, 0.717) is 29.9 Å². The van der Waals surface area contributed by atoms with Gasteiger partial charge in [-0.2, -0.15) is 0 Å². The largest absolute Gasteiger partial charge is 0.497 e. The highest BCUT2D eigenvalue weighted by Gasteiger charge is 2.14. The first-order chi connectivity index (χ1) is 20.3. The van der Waals surface area contributed by atoms with Crippen LogP contribution < -0.4 is 9.47 Å². The van der Waals surface area contributed by atoms with Gasteiger partial charge in [0, 0.05) is 11.1 Å². The van der Waals surface area contributed by atoms with E-state index in [-0.39, 0.29) is 0 Å². The van der Waals surface area contributed by atoms with E-state index in [0.717, 1.165) is 61.2 Å². The molecule has 0 amide bonds. The minimum absolute atomic E-state index is 0.450. The molecule has 0 saturated carbocycles. The third-order valence-corrected chi connectivity index (χ3v) is 7.31. The fourth-order valence-corrected chi connectivity index (χ4v) is 4.60. The van der Waals surface area contributed by atoms with Gasteiger partial charge in [0.2, 0.25) is 0 Å². The number of carbonyl (C=O) groups is 2. The smallest absolute Gasteiger partial charge is 0.331 e. The van der Waals surface area contributed by atoms with Gasteiger partial charge in [-0.15, -0.1) is 0 Å². The number of hydrogen-bond donors (Lipinski definition) is 2. The van der Waals surface area contributed by atoms with E-state index in [2.05, 4.69) is 20.8 Å². The summed E-state index contributed by atoms with van der Waals surface area (Å²) in [6.07, 6.45) is 16.2. The van der Waals surface area contributed by atoms with E-state index in [1.807, 2.05) is 48.5 Å². The van der Waals surface area contributed by atoms with Crippen LogP contribution in [-0.2, 0) is 9.59 Å². The van der Waals surface area contributed by atoms with Crippen LogP contribution in [0.1, 0.15) is 109 Å². The molecule has 0 saturated heterocycles. The van der Waals surface area contributed by atoms with Gasteiger partial charge in [-0.25, -0.2) is 9.59 Å². The molecule has 1 unspecified atom stereocenters. The third kappa shape index (κ3) is 15.5. The van der Waals surface area contributed by atoms with Crippen LogP contribution >= 0.6 is 0 Å². The summed E-state index contributed by atoms with van der Waals surface area (Å²) in [6, 6.07) is 14.9. The number of hydrogen-bond acceptors (Lipinski definition) is 4. The summed E-state index contributed by atoms with van der Waals surface area (Å²) in [5.41, 5.74) is 2.77. The van der Waals surface area contributed by atoms with Gasteiger partial charge in [0.1, 0.15) is 11.5 Å². The van der Waals surface area contributed by atoms with Gasteiger partial charge < -0.3 is 19.7 Å². The number of carboxylic acid groups (broad SMARTS) is 2. The molecule has 0 heterocycles. The number of rotatable bonds is 19. The summed E-state index contributed by atoms with van der Waals surface area (Å²) in [5.74, 6) is 0.365. The van der Waals surface area contributed by atoms with E-state index in [1.54, 1.807) is 26.4 Å². The Morgan fingerprint density at radius 2 is 1.12 bits per heavy atom. The van der Waals surface area contributed by atoms with Crippen molar-refractivity contribution in [1.82, 2.24) is 0 Å². The van der Waals surface area contributed by atoms with Crippen molar-refractivity contribution in [3.05, 3.63) is 70.8 Å². The first-order valence-electron chi connectivity index (χ1n) is 15.4. The minimum Gasteiger partial charge on any atom is -0.497 e. The van der Waals surface area contributed by atoms with Gasteiger partial charge in [0.05, 0.1) is 14.2 Å². The Morgan fingerprint density at radius 1 is 0.667 bits per heavy atom. The van der Waals surface area contributed by atoms with Crippen molar-refractivity contribution < 1.29 is 29.3 Å². The normalized spacial score (nSPS) is 12.2. The van der Waals surface area contributed by atoms with Crippen molar-refractivity contribution in [2.75, 3.05) is 14.2 Å². The standard InChI is InChI=1S/2C18H26O3/c1-4-6-7-14(5-2)12-16(18(19)20)13-15-8-10-17(21-3)11-9-15;1-3-4-5-6-7-8-9-16(18(19)20)14-15-10-12-17(21-2)13-11-15/h8-11,13-14H,4-7,12H2,1-3H3,(H,19,20);10-14H,3-9H2,1-2H3,(H,19,20). The molecule has 0 fully saturated rings. The van der Waals surface area contributed by atoms with Gasteiger partial charge in [-0.3, -0.25) is 0 Å². The predicted molar refractivity (Wildman–Crippen MR) is 173 cm³/mol. The number of ether oxygens (including phenoxy) is 2. The molecule has 0 aliphatic heterocycles. The van der Waals surface area contributed by atoms with Gasteiger partial charge in [0.15, 0.2) is 0 Å². The first-order valence-corrected chi connectivity index (χ1v) is 15.4. The summed E-state index contributed by atoms with van der Waals surface area (Å²) in [7, 11) is 3.24. The van der Waals surface area contributed by atoms with Gasteiger partial charge >= 0.3 is 11.9 Å². The first kappa shape index (κ1) is 36.5. The lowest BCUT2D eigenvalue weighted by molar-refractivity contribution is -0.133. The van der Waals surface area contributed by atoms with Crippen molar-refractivity contribution in [3.8, 4) is 11.5 Å². The maximum atomic E-state index is 11.5. The molecule has 0 aliphatic rings. The van der Waals surface area contributed by atoms with E-state index >= 15 is 0 Å². The van der Waals surface area contributed by atoms with Crippen LogP contribution in [0.25, 0.3) is 12.2 Å². The quantitative estimate of drug-likeness (QED) is 0.127. The van der Waals surface area contributed by atoms with Crippen molar-refractivity contribution in [3.63, 3.8) is 0 Å². The molecule has 2 aromatic rings. The van der Waals surface area contributed by atoms with E-state index < -0.39 is 11.9 Å². The average molecular weight is 581 g/mol. The molecule has 6 heteroatoms. The molecule has 0 spiro atoms. The highest BCUT2D eigenvalue weighted by molar-refractivity contribution is 5.92. The molecule has 6 nitrogen and oxygen atoms in total. The predicted octanol–water partition coefficient (Wildman–Crippen LogP) is 9.68. The monoisotopic (exact) mass is 580 g/mol. The lowest BCUT2D eigenvalue weighted by Gasteiger charge is -2.14. The zero-order valence-corrected chi connectivity index (χ0v) is 26.4. The zero-order chi connectivity index (χ0) is 31.2. The summed E-state index contributed by atoms with van der Waals surface area (Å²) in [4.78, 5) is 22.8. The number of methoxy groups -OCH3 is 2. The average Bonchev–Trinajstić information content (AvgIpc) is 3.00. The molecule has 1 atom stereocenters. The number of aliphatic carboxylic acids is 2. The fraction of sp³-hybridized carbons (Fsp3) is 0.500. The Bertz CT molecular complexity index is 1080. The molecule has 2 aromatic carbocycles. The molecule has 0 radical (unpaired) electrons. The van der Waals surface area contributed by atoms with Crippen molar-refractivity contribution >= 4 is 24.1 Å². The maximum Gasteiger partial charge on any atom is 0.331 e. The Balaban J connectivity index is 0.000000420. The van der Waals surface area contributed by atoms with Crippen LogP contribution in [0.5, 0.6) is 11.5 Å². The maximum absolute atomic E-state index is 11.5. The number of benzene rings is 2. The zero-order valence-electron chi connectivity index (χ0n) is 26.4. The van der Waals surface area contributed by atoms with Crippen LogP contribution in [0.3, 0.4) is 0 Å². The van der Waals surface area contributed by atoms with Gasteiger partial charge in [-0.05, 0) is 72.7 Å². The molecule has 0 bridgehead atoms. The van der Waals surface area contributed by atoms with Crippen LogP contribution in [0, 0.1) is 5.92 Å². The SMILES string of the molecule is CCCCC(CC)CC(=Cc1ccc(OC)cc1)C(=O)O.CCCCCCCCC(=Cc1ccc(OC)cc1)C(=O)O. The van der Waals surface area contributed by atoms with E-state index in [1.165, 1.54) is 25.7 Å². The second-order valence-electron chi connectivity index (χ2n) is 10.6. The van der Waals surface area contributed by atoms with Crippen LogP contribution in [0.15, 0.2) is 59.7 Å². The highest BCUT2D eigenvalue weighted by Crippen LogP contribution is 2.24. The van der Waals surface area contributed by atoms with Crippen molar-refractivity contribution in [2.45, 2.75) is 97.8 Å². The molecule has 232 valence electrons. The summed E-state index contributed by atoms with van der Waals surface area (Å²) >= 11 is 0. The Labute approximate surface area is 253 Å². The van der Waals surface area contributed by atoms with E-state index in [4.69, 9.17) is 9.47 Å². The van der Waals surface area contributed by atoms with E-state index in [9.17, 15) is 19.8 Å². The Kier molecular flexibility index (Phi) is 19.2. The summed E-state index contributed by atoms with van der Waals surface area (Å²) in [5, 5.41) is 18.7. The molecule has 2 rings (SSSR count). The number of unbranched alkanes of at least 4 members (excludes halogenated alkanes) is 6. The Hall–Kier alpha value is -3.54. The second kappa shape index (κ2) is 22.1. The van der Waals surface area contributed by atoms with Crippen LogP contribution in [-0.4, -0.2) is 36.4 Å². The fourth-order valence-electron chi connectivity index (χ4n) is 4.60. The second-order valence-corrected chi connectivity index (χ2v) is 10.6. The summed E-state index contributed by atoms with van der Waals surface area (Å²) < 4.78 is 10.2. The Morgan fingerprint density at radius 3 is 1.55 bits per heavy atom. The molecular weight excluding hydrogens is 528 g/mol.